The zero-order chi connectivity index (χ0) is 19.9. The third kappa shape index (κ3) is 3.11. The fourth-order valence-corrected chi connectivity index (χ4v) is 4.72. The van der Waals surface area contributed by atoms with E-state index < -0.39 is 11.4 Å². The molecule has 0 radical (unpaired) electrons. The van der Waals surface area contributed by atoms with Crippen LogP contribution in [0.3, 0.4) is 0 Å². The number of nitrogens with zero attached hydrogens (tertiary/aromatic N) is 2. The number of carbonyl (C=O) groups excluding carboxylic acids is 1. The van der Waals surface area contributed by atoms with Gasteiger partial charge in [-0.2, -0.15) is 0 Å². The van der Waals surface area contributed by atoms with Gasteiger partial charge in [0.1, 0.15) is 11.5 Å². The molecule has 148 valence electrons. The lowest BCUT2D eigenvalue weighted by molar-refractivity contribution is -0.161. The minimum Gasteiger partial charge on any atom is -0.481 e. The van der Waals surface area contributed by atoms with Crippen LogP contribution in [0.1, 0.15) is 35.4 Å². The van der Waals surface area contributed by atoms with Gasteiger partial charge in [0, 0.05) is 30.3 Å². The number of rotatable bonds is 3. The number of carboxylic acids is 1. The van der Waals surface area contributed by atoms with Crippen LogP contribution in [0.25, 0.3) is 11.3 Å². The molecule has 0 bridgehead atoms. The number of furan rings is 1. The second-order valence-corrected chi connectivity index (χ2v) is 8.05. The third-order valence-corrected chi connectivity index (χ3v) is 6.39. The normalized spacial score (nSPS) is 25.4. The van der Waals surface area contributed by atoms with Crippen LogP contribution in [0.15, 0.2) is 40.8 Å². The Hall–Kier alpha value is -2.60. The van der Waals surface area contributed by atoms with Crippen LogP contribution in [0.4, 0.5) is 0 Å². The number of hydrogen-bond donors (Lipinski definition) is 1. The monoisotopic (exact) mass is 382 g/mol. The van der Waals surface area contributed by atoms with E-state index in [1.54, 1.807) is 4.90 Å². The summed E-state index contributed by atoms with van der Waals surface area (Å²) in [4.78, 5) is 29.0. The van der Waals surface area contributed by atoms with Gasteiger partial charge in [0.25, 0.3) is 5.91 Å². The smallest absolute Gasteiger partial charge is 0.311 e. The van der Waals surface area contributed by atoms with E-state index in [1.165, 1.54) is 0 Å². The number of amides is 1. The van der Waals surface area contributed by atoms with Gasteiger partial charge < -0.3 is 19.3 Å². The van der Waals surface area contributed by atoms with Gasteiger partial charge in [0.2, 0.25) is 0 Å². The minimum absolute atomic E-state index is 0.0415. The summed E-state index contributed by atoms with van der Waals surface area (Å²) in [6, 6.07) is 11.1. The van der Waals surface area contributed by atoms with Crippen molar-refractivity contribution in [2.45, 2.75) is 32.2 Å². The second-order valence-electron chi connectivity index (χ2n) is 8.05. The summed E-state index contributed by atoms with van der Waals surface area (Å²) in [6.07, 6.45) is 2.09. The van der Waals surface area contributed by atoms with Crippen molar-refractivity contribution in [2.24, 2.45) is 5.41 Å². The highest BCUT2D eigenvalue weighted by Gasteiger charge is 2.52. The Morgan fingerprint density at radius 3 is 2.50 bits per heavy atom. The Morgan fingerprint density at radius 2 is 1.86 bits per heavy atom. The van der Waals surface area contributed by atoms with Crippen molar-refractivity contribution in [2.75, 3.05) is 26.7 Å². The lowest BCUT2D eigenvalue weighted by Crippen LogP contribution is -2.63. The van der Waals surface area contributed by atoms with Crippen molar-refractivity contribution in [3.63, 3.8) is 0 Å². The van der Waals surface area contributed by atoms with E-state index in [-0.39, 0.29) is 11.9 Å². The Bertz CT molecular complexity index is 888. The fraction of sp³-hybridized carbons (Fsp3) is 0.455. The first-order chi connectivity index (χ1) is 13.4. The summed E-state index contributed by atoms with van der Waals surface area (Å²) in [7, 11) is 1.97. The zero-order valence-corrected chi connectivity index (χ0v) is 16.4. The minimum atomic E-state index is -0.731. The summed E-state index contributed by atoms with van der Waals surface area (Å²) in [6.45, 7) is 3.71. The van der Waals surface area contributed by atoms with E-state index in [9.17, 15) is 14.7 Å². The van der Waals surface area contributed by atoms with Crippen LogP contribution in [-0.4, -0.2) is 59.5 Å². The molecule has 1 aromatic carbocycles. The highest BCUT2D eigenvalue weighted by molar-refractivity contribution is 5.95. The van der Waals surface area contributed by atoms with E-state index in [0.29, 0.717) is 31.5 Å². The van der Waals surface area contributed by atoms with Crippen LogP contribution in [0.5, 0.6) is 0 Å². The highest BCUT2D eigenvalue weighted by Crippen LogP contribution is 2.42. The number of piperidine rings is 2. The SMILES string of the molecule is Cc1ccc(-c2ccc(C(=O)N3CC[C@@]4(C(=O)O)CCCN(C)[C@@H]4C3)cc2)o1. The first-order valence-corrected chi connectivity index (χ1v) is 9.80. The lowest BCUT2D eigenvalue weighted by Gasteiger charge is -2.51. The van der Waals surface area contributed by atoms with E-state index in [2.05, 4.69) is 4.90 Å². The molecule has 4 rings (SSSR count). The molecule has 2 saturated heterocycles. The predicted octanol–water partition coefficient (Wildman–Crippen LogP) is 3.27. The number of likely N-dealkylation sites (N-methyl/N-ethyl adjacent to an activating group) is 1. The maximum absolute atomic E-state index is 13.0. The van der Waals surface area contributed by atoms with Crippen molar-refractivity contribution in [3.05, 3.63) is 47.7 Å². The molecule has 6 nitrogen and oxygen atoms in total. The number of carbonyl (C=O) groups is 2. The summed E-state index contributed by atoms with van der Waals surface area (Å²) >= 11 is 0. The molecule has 2 aliphatic rings. The number of benzene rings is 1. The fourth-order valence-electron chi connectivity index (χ4n) is 4.72. The summed E-state index contributed by atoms with van der Waals surface area (Å²) in [5.74, 6) is 0.862. The molecule has 0 saturated carbocycles. The van der Waals surface area contributed by atoms with E-state index >= 15 is 0 Å². The molecule has 1 N–H and O–H groups in total. The maximum atomic E-state index is 13.0. The van der Waals surface area contributed by atoms with E-state index in [4.69, 9.17) is 4.42 Å². The quantitative estimate of drug-likeness (QED) is 0.882. The van der Waals surface area contributed by atoms with Gasteiger partial charge in [-0.3, -0.25) is 9.59 Å². The molecule has 2 atom stereocenters. The van der Waals surface area contributed by atoms with Crippen LogP contribution in [0.2, 0.25) is 0 Å². The highest BCUT2D eigenvalue weighted by atomic mass is 16.4. The van der Waals surface area contributed by atoms with Gasteiger partial charge in [-0.1, -0.05) is 12.1 Å². The summed E-state index contributed by atoms with van der Waals surface area (Å²) in [5, 5.41) is 9.89. The Kier molecular flexibility index (Phi) is 4.75. The number of aliphatic carboxylic acids is 1. The molecule has 0 aliphatic carbocycles. The van der Waals surface area contributed by atoms with Gasteiger partial charge in [0.05, 0.1) is 5.41 Å². The van der Waals surface area contributed by atoms with E-state index in [0.717, 1.165) is 30.0 Å². The largest absolute Gasteiger partial charge is 0.481 e. The number of carboxylic acid groups (broad SMARTS) is 1. The molecular formula is C22H26N2O4. The first-order valence-electron chi connectivity index (χ1n) is 9.80. The third-order valence-electron chi connectivity index (χ3n) is 6.39. The van der Waals surface area contributed by atoms with Crippen LogP contribution >= 0.6 is 0 Å². The summed E-state index contributed by atoms with van der Waals surface area (Å²) in [5.41, 5.74) is 0.818. The maximum Gasteiger partial charge on any atom is 0.311 e. The van der Waals surface area contributed by atoms with Crippen LogP contribution in [-0.2, 0) is 4.79 Å². The predicted molar refractivity (Wildman–Crippen MR) is 105 cm³/mol. The number of fused-ring (bicyclic) bond motifs is 1. The molecule has 0 unspecified atom stereocenters. The lowest BCUT2D eigenvalue weighted by atomic mass is 9.68. The topological polar surface area (TPSA) is 74.0 Å². The molecule has 0 spiro atoms. The molecule has 1 amide bonds. The number of aryl methyl sites for hydroxylation is 1. The van der Waals surface area contributed by atoms with Gasteiger partial charge >= 0.3 is 5.97 Å². The average Bonchev–Trinajstić information content (AvgIpc) is 3.14. The molecular weight excluding hydrogens is 356 g/mol. The van der Waals surface area contributed by atoms with Gasteiger partial charge in [0.15, 0.2) is 0 Å². The first kappa shape index (κ1) is 18.7. The van der Waals surface area contributed by atoms with Crippen molar-refractivity contribution in [1.82, 2.24) is 9.80 Å². The zero-order valence-electron chi connectivity index (χ0n) is 16.4. The average molecular weight is 382 g/mol. The molecule has 2 fully saturated rings. The van der Waals surface area contributed by atoms with Crippen LogP contribution < -0.4 is 0 Å². The molecule has 1 aromatic heterocycles. The van der Waals surface area contributed by atoms with Crippen molar-refractivity contribution in [3.8, 4) is 11.3 Å². The molecule has 28 heavy (non-hydrogen) atoms. The number of hydrogen-bond acceptors (Lipinski definition) is 4. The van der Waals surface area contributed by atoms with Crippen LogP contribution in [0, 0.1) is 12.3 Å². The van der Waals surface area contributed by atoms with E-state index in [1.807, 2.05) is 50.4 Å². The van der Waals surface area contributed by atoms with Crippen molar-refractivity contribution in [1.29, 1.82) is 0 Å². The standard InChI is InChI=1S/C22H26N2O4/c1-15-4-9-18(28-15)16-5-7-17(8-6-16)20(25)24-13-11-22(21(26)27)10-3-12-23(2)19(22)14-24/h4-9,19H,3,10-14H2,1-2H3,(H,26,27)/t19-,22+/m1/s1. The molecule has 6 heteroatoms. The molecule has 2 aromatic rings. The number of likely N-dealkylation sites (tertiary alicyclic amines) is 2. The Labute approximate surface area is 164 Å². The van der Waals surface area contributed by atoms with Crippen molar-refractivity contribution >= 4 is 11.9 Å². The summed E-state index contributed by atoms with van der Waals surface area (Å²) < 4.78 is 5.63. The molecule has 3 heterocycles. The van der Waals surface area contributed by atoms with Gasteiger partial charge in [-0.25, -0.2) is 0 Å². The second kappa shape index (κ2) is 7.09. The Balaban J connectivity index is 1.52. The van der Waals surface area contributed by atoms with Crippen molar-refractivity contribution < 1.29 is 19.1 Å². The molecule has 2 aliphatic heterocycles. The van der Waals surface area contributed by atoms with Gasteiger partial charge in [-0.15, -0.1) is 0 Å². The van der Waals surface area contributed by atoms with Gasteiger partial charge in [-0.05, 0) is 64.0 Å². The Morgan fingerprint density at radius 1 is 1.11 bits per heavy atom.